The van der Waals surface area contributed by atoms with Crippen LogP contribution in [0, 0.1) is 5.92 Å². The molecule has 0 aromatic heterocycles. The zero-order valence-corrected chi connectivity index (χ0v) is 12.4. The molecule has 1 fully saturated rings. The first kappa shape index (κ1) is 14.6. The van der Waals surface area contributed by atoms with Gasteiger partial charge in [-0.1, -0.05) is 48.7 Å². The van der Waals surface area contributed by atoms with Crippen LogP contribution in [0.1, 0.15) is 51.1 Å². The second-order valence-electron chi connectivity index (χ2n) is 5.62. The summed E-state index contributed by atoms with van der Waals surface area (Å²) in [5, 5.41) is 5.80. The van der Waals surface area contributed by atoms with Gasteiger partial charge in [0, 0.05) is 6.20 Å². The Morgan fingerprint density at radius 1 is 1.25 bits per heavy atom. The Bertz CT molecular complexity index is 461. The molecule has 1 aromatic rings. The lowest BCUT2D eigenvalue weighted by Crippen LogP contribution is -2.34. The predicted octanol–water partition coefficient (Wildman–Crippen LogP) is 4.14. The van der Waals surface area contributed by atoms with Gasteiger partial charge in [0.05, 0.1) is 6.04 Å². The van der Waals surface area contributed by atoms with E-state index in [9.17, 15) is 4.79 Å². The number of allylic oxidation sites excluding steroid dienone is 1. The van der Waals surface area contributed by atoms with Crippen LogP contribution >= 0.6 is 0 Å². The number of carbonyl (C=O) groups is 1. The lowest BCUT2D eigenvalue weighted by Gasteiger charge is -2.15. The predicted molar refractivity (Wildman–Crippen MR) is 82.2 cm³/mol. The third-order valence-corrected chi connectivity index (χ3v) is 4.08. The van der Waals surface area contributed by atoms with Crippen molar-refractivity contribution in [3.63, 3.8) is 0 Å². The number of amides is 2. The fraction of sp³-hybridized carbons (Fsp3) is 0.471. The maximum atomic E-state index is 11.9. The minimum Gasteiger partial charge on any atom is -0.331 e. The van der Waals surface area contributed by atoms with E-state index in [4.69, 9.17) is 0 Å². The van der Waals surface area contributed by atoms with Crippen LogP contribution in [0.25, 0.3) is 0 Å². The second kappa shape index (κ2) is 7.13. The van der Waals surface area contributed by atoms with E-state index < -0.39 is 0 Å². The first-order valence-corrected chi connectivity index (χ1v) is 7.45. The molecule has 108 valence electrons. The Labute approximate surface area is 121 Å². The Kier molecular flexibility index (Phi) is 5.22. The summed E-state index contributed by atoms with van der Waals surface area (Å²) in [6.45, 7) is 4.10. The average molecular weight is 272 g/mol. The topological polar surface area (TPSA) is 41.1 Å². The van der Waals surface area contributed by atoms with Crippen molar-refractivity contribution in [3.8, 4) is 0 Å². The van der Waals surface area contributed by atoms with Crippen LogP contribution in [0.2, 0.25) is 0 Å². The van der Waals surface area contributed by atoms with Gasteiger partial charge in [0.2, 0.25) is 0 Å². The fourth-order valence-corrected chi connectivity index (χ4v) is 2.74. The van der Waals surface area contributed by atoms with Crippen LogP contribution in [-0.4, -0.2) is 6.03 Å². The highest BCUT2D eigenvalue weighted by Crippen LogP contribution is 2.30. The molecular formula is C17H24N2O. The molecule has 2 amide bonds. The van der Waals surface area contributed by atoms with E-state index in [1.165, 1.54) is 31.3 Å². The van der Waals surface area contributed by atoms with Crippen molar-refractivity contribution in [3.05, 3.63) is 47.7 Å². The van der Waals surface area contributed by atoms with Gasteiger partial charge in [0.25, 0.3) is 0 Å². The highest BCUT2D eigenvalue weighted by Gasteiger charge is 2.16. The van der Waals surface area contributed by atoms with E-state index >= 15 is 0 Å². The second-order valence-corrected chi connectivity index (χ2v) is 5.62. The van der Waals surface area contributed by atoms with Crippen molar-refractivity contribution in [1.29, 1.82) is 0 Å². The van der Waals surface area contributed by atoms with Gasteiger partial charge >= 0.3 is 6.03 Å². The number of rotatable bonds is 4. The zero-order chi connectivity index (χ0) is 14.4. The zero-order valence-electron chi connectivity index (χ0n) is 12.4. The maximum Gasteiger partial charge on any atom is 0.319 e. The summed E-state index contributed by atoms with van der Waals surface area (Å²) in [5.74, 6) is 0.654. The van der Waals surface area contributed by atoms with E-state index in [1.807, 2.05) is 43.5 Å². The third-order valence-electron chi connectivity index (χ3n) is 4.08. The summed E-state index contributed by atoms with van der Waals surface area (Å²) in [7, 11) is 0. The monoisotopic (exact) mass is 272 g/mol. The molecule has 3 heteroatoms. The van der Waals surface area contributed by atoms with Crippen LogP contribution in [0.15, 0.2) is 42.1 Å². The van der Waals surface area contributed by atoms with Gasteiger partial charge in [-0.25, -0.2) is 4.79 Å². The first-order valence-electron chi connectivity index (χ1n) is 7.45. The molecule has 0 radical (unpaired) electrons. The van der Waals surface area contributed by atoms with Crippen molar-refractivity contribution in [2.75, 3.05) is 0 Å². The van der Waals surface area contributed by atoms with Crippen LogP contribution in [0.3, 0.4) is 0 Å². The number of benzene rings is 1. The molecule has 1 aliphatic carbocycles. The van der Waals surface area contributed by atoms with E-state index in [1.54, 1.807) is 0 Å². The molecule has 1 saturated carbocycles. The molecular weight excluding hydrogens is 248 g/mol. The molecule has 2 N–H and O–H groups in total. The standard InChI is InChI=1S/C17H24N2O/c1-13(15-8-6-7-9-15)12-18-17(20)19-14(2)16-10-4-3-5-11-16/h3-5,10-12,14-15H,6-9H2,1-2H3,(H2,18,19,20)/b13-12+. The number of hydrogen-bond donors (Lipinski definition) is 2. The fourth-order valence-electron chi connectivity index (χ4n) is 2.74. The Hall–Kier alpha value is -1.77. The number of nitrogens with one attached hydrogen (secondary N) is 2. The lowest BCUT2D eigenvalue weighted by atomic mass is 10.0. The van der Waals surface area contributed by atoms with Crippen LogP contribution in [0.4, 0.5) is 4.79 Å². The van der Waals surface area contributed by atoms with Gasteiger partial charge in [0.15, 0.2) is 0 Å². The van der Waals surface area contributed by atoms with Crippen molar-refractivity contribution in [1.82, 2.24) is 10.6 Å². The first-order chi connectivity index (χ1) is 9.66. The summed E-state index contributed by atoms with van der Waals surface area (Å²) in [5.41, 5.74) is 2.39. The molecule has 0 spiro atoms. The molecule has 1 atom stereocenters. The molecule has 2 rings (SSSR count). The van der Waals surface area contributed by atoms with Crippen molar-refractivity contribution >= 4 is 6.03 Å². The molecule has 20 heavy (non-hydrogen) atoms. The van der Waals surface area contributed by atoms with Crippen LogP contribution < -0.4 is 10.6 Å². The Morgan fingerprint density at radius 3 is 2.55 bits per heavy atom. The molecule has 0 saturated heterocycles. The van der Waals surface area contributed by atoms with E-state index in [0.29, 0.717) is 5.92 Å². The smallest absolute Gasteiger partial charge is 0.319 e. The number of carbonyl (C=O) groups excluding carboxylic acids is 1. The minimum atomic E-state index is -0.140. The number of urea groups is 1. The third kappa shape index (κ3) is 4.12. The van der Waals surface area contributed by atoms with E-state index in [2.05, 4.69) is 17.6 Å². The highest BCUT2D eigenvalue weighted by molar-refractivity contribution is 5.75. The maximum absolute atomic E-state index is 11.9. The highest BCUT2D eigenvalue weighted by atomic mass is 16.2. The van der Waals surface area contributed by atoms with Gasteiger partial charge in [-0.3, -0.25) is 0 Å². The minimum absolute atomic E-state index is 0.0105. The van der Waals surface area contributed by atoms with Crippen LogP contribution in [0.5, 0.6) is 0 Å². The van der Waals surface area contributed by atoms with Crippen molar-refractivity contribution in [2.24, 2.45) is 5.92 Å². The molecule has 0 aliphatic heterocycles. The summed E-state index contributed by atoms with van der Waals surface area (Å²) < 4.78 is 0. The SMILES string of the molecule is C/C(=C\NC(=O)NC(C)c1ccccc1)C1CCCC1. The molecule has 0 bridgehead atoms. The summed E-state index contributed by atoms with van der Waals surface area (Å²) >= 11 is 0. The molecule has 1 unspecified atom stereocenters. The van der Waals surface area contributed by atoms with Gasteiger partial charge in [0.1, 0.15) is 0 Å². The van der Waals surface area contributed by atoms with E-state index in [0.717, 1.165) is 5.56 Å². The molecule has 3 nitrogen and oxygen atoms in total. The van der Waals surface area contributed by atoms with Crippen LogP contribution in [-0.2, 0) is 0 Å². The molecule has 0 heterocycles. The molecule has 1 aliphatic rings. The molecule has 1 aromatic carbocycles. The quantitative estimate of drug-likeness (QED) is 0.849. The van der Waals surface area contributed by atoms with Crippen molar-refractivity contribution < 1.29 is 4.79 Å². The van der Waals surface area contributed by atoms with E-state index in [-0.39, 0.29) is 12.1 Å². The van der Waals surface area contributed by atoms with Gasteiger partial charge < -0.3 is 10.6 Å². The Morgan fingerprint density at radius 2 is 1.90 bits per heavy atom. The normalized spacial score (nSPS) is 17.8. The largest absolute Gasteiger partial charge is 0.331 e. The number of hydrogen-bond acceptors (Lipinski definition) is 1. The van der Waals surface area contributed by atoms with Gasteiger partial charge in [-0.05, 0) is 38.2 Å². The van der Waals surface area contributed by atoms with Gasteiger partial charge in [-0.15, -0.1) is 0 Å². The van der Waals surface area contributed by atoms with Gasteiger partial charge in [-0.2, -0.15) is 0 Å². The summed E-state index contributed by atoms with van der Waals surface area (Å²) in [6, 6.07) is 9.85. The average Bonchev–Trinajstić information content (AvgIpc) is 3.00. The summed E-state index contributed by atoms with van der Waals surface area (Å²) in [6.07, 6.45) is 7.00. The Balaban J connectivity index is 1.81. The lowest BCUT2D eigenvalue weighted by molar-refractivity contribution is 0.241. The van der Waals surface area contributed by atoms with Crippen molar-refractivity contribution in [2.45, 2.75) is 45.6 Å². The summed E-state index contributed by atoms with van der Waals surface area (Å²) in [4.78, 5) is 11.9.